The zero-order chi connectivity index (χ0) is 13.9. The van der Waals surface area contributed by atoms with E-state index in [0.29, 0.717) is 12.1 Å². The van der Waals surface area contributed by atoms with E-state index in [-0.39, 0.29) is 0 Å². The van der Waals surface area contributed by atoms with Crippen molar-refractivity contribution in [3.8, 4) is 5.75 Å². The molecule has 20 heavy (non-hydrogen) atoms. The van der Waals surface area contributed by atoms with Crippen LogP contribution in [0.4, 0.5) is 0 Å². The molecule has 1 heterocycles. The molecule has 3 rings (SSSR count). The molecule has 0 aromatic heterocycles. The lowest BCUT2D eigenvalue weighted by Gasteiger charge is -2.36. The molecule has 0 spiro atoms. The van der Waals surface area contributed by atoms with Crippen molar-refractivity contribution in [1.29, 1.82) is 0 Å². The average Bonchev–Trinajstić information content (AvgIpc) is 2.86. The third-order valence-corrected chi connectivity index (χ3v) is 4.79. The molecule has 110 valence electrons. The van der Waals surface area contributed by atoms with Crippen molar-refractivity contribution in [2.45, 2.75) is 44.7 Å². The average molecular weight is 274 g/mol. The molecule has 0 amide bonds. The Kier molecular flexibility index (Phi) is 4.27. The van der Waals surface area contributed by atoms with Gasteiger partial charge in [-0.15, -0.1) is 0 Å². The van der Waals surface area contributed by atoms with Gasteiger partial charge in [0.2, 0.25) is 0 Å². The number of nitrogens with zero attached hydrogens (tertiary/aromatic N) is 1. The number of piperidine rings is 1. The van der Waals surface area contributed by atoms with Crippen LogP contribution in [-0.2, 0) is 6.42 Å². The summed E-state index contributed by atoms with van der Waals surface area (Å²) in [5, 5.41) is 3.70. The Hall–Kier alpha value is -1.06. The first-order chi connectivity index (χ1) is 9.83. The predicted octanol–water partition coefficient (Wildman–Crippen LogP) is 2.76. The monoisotopic (exact) mass is 274 g/mol. The zero-order valence-corrected chi connectivity index (χ0v) is 12.7. The van der Waals surface area contributed by atoms with E-state index < -0.39 is 0 Å². The summed E-state index contributed by atoms with van der Waals surface area (Å²) in [6.07, 6.45) is 5.29. The molecule has 1 aromatic rings. The lowest BCUT2D eigenvalue weighted by molar-refractivity contribution is 0.139. The lowest BCUT2D eigenvalue weighted by Crippen LogP contribution is -2.45. The van der Waals surface area contributed by atoms with Crippen LogP contribution < -0.4 is 10.1 Å². The van der Waals surface area contributed by atoms with Crippen LogP contribution in [0.1, 0.15) is 43.4 Å². The highest BCUT2D eigenvalue weighted by atomic mass is 16.5. The number of fused-ring (bicyclic) bond motifs is 1. The molecule has 2 unspecified atom stereocenters. The molecular weight excluding hydrogens is 248 g/mol. The second-order valence-electron chi connectivity index (χ2n) is 5.97. The Morgan fingerprint density at radius 2 is 2.05 bits per heavy atom. The molecule has 1 aliphatic carbocycles. The molecule has 0 bridgehead atoms. The van der Waals surface area contributed by atoms with Gasteiger partial charge < -0.3 is 10.1 Å². The topological polar surface area (TPSA) is 24.5 Å². The summed E-state index contributed by atoms with van der Waals surface area (Å²) in [6, 6.07) is 7.66. The van der Waals surface area contributed by atoms with E-state index in [2.05, 4.69) is 35.3 Å². The van der Waals surface area contributed by atoms with E-state index in [1.807, 2.05) is 0 Å². The van der Waals surface area contributed by atoms with Gasteiger partial charge in [0.15, 0.2) is 0 Å². The standard InChI is InChI=1S/C17H26N2O/c1-3-18-17-15-12-14(20-2)8-7-13(15)11-16(17)19-9-5-4-6-10-19/h7-8,12,16-18H,3-6,9-11H2,1-2H3. The first kappa shape index (κ1) is 13.9. The summed E-state index contributed by atoms with van der Waals surface area (Å²) in [5.74, 6) is 0.978. The second kappa shape index (κ2) is 6.15. The van der Waals surface area contributed by atoms with Gasteiger partial charge in [-0.25, -0.2) is 0 Å². The molecule has 2 aliphatic rings. The summed E-state index contributed by atoms with van der Waals surface area (Å²) < 4.78 is 5.41. The number of benzene rings is 1. The quantitative estimate of drug-likeness (QED) is 0.913. The minimum Gasteiger partial charge on any atom is -0.497 e. The van der Waals surface area contributed by atoms with E-state index in [1.165, 1.54) is 49.9 Å². The Labute approximate surface area is 122 Å². The number of nitrogens with one attached hydrogen (secondary N) is 1. The molecule has 3 nitrogen and oxygen atoms in total. The second-order valence-corrected chi connectivity index (χ2v) is 5.97. The first-order valence-corrected chi connectivity index (χ1v) is 7.97. The lowest BCUT2D eigenvalue weighted by atomic mass is 10.0. The maximum absolute atomic E-state index is 5.41. The molecule has 3 heteroatoms. The van der Waals surface area contributed by atoms with Gasteiger partial charge in [0.25, 0.3) is 0 Å². The van der Waals surface area contributed by atoms with Crippen LogP contribution in [0, 0.1) is 0 Å². The van der Waals surface area contributed by atoms with E-state index in [9.17, 15) is 0 Å². The molecular formula is C17H26N2O. The van der Waals surface area contributed by atoms with Crippen molar-refractivity contribution >= 4 is 0 Å². The van der Waals surface area contributed by atoms with Gasteiger partial charge in [-0.3, -0.25) is 4.90 Å². The summed E-state index contributed by atoms with van der Waals surface area (Å²) in [7, 11) is 1.75. The van der Waals surface area contributed by atoms with Crippen LogP contribution in [0.3, 0.4) is 0 Å². The normalized spacial score (nSPS) is 26.5. The third kappa shape index (κ3) is 2.57. The summed E-state index contributed by atoms with van der Waals surface area (Å²) >= 11 is 0. The van der Waals surface area contributed by atoms with Crippen molar-refractivity contribution < 1.29 is 4.74 Å². The van der Waals surface area contributed by atoms with Gasteiger partial charge in [0.1, 0.15) is 5.75 Å². The van der Waals surface area contributed by atoms with E-state index in [1.54, 1.807) is 7.11 Å². The first-order valence-electron chi connectivity index (χ1n) is 7.97. The van der Waals surface area contributed by atoms with Crippen molar-refractivity contribution in [3.05, 3.63) is 29.3 Å². The van der Waals surface area contributed by atoms with Crippen LogP contribution in [-0.4, -0.2) is 37.7 Å². The fourth-order valence-electron chi connectivity index (χ4n) is 3.78. The van der Waals surface area contributed by atoms with Crippen molar-refractivity contribution in [1.82, 2.24) is 10.2 Å². The van der Waals surface area contributed by atoms with E-state index in [0.717, 1.165) is 12.3 Å². The molecule has 0 radical (unpaired) electrons. The third-order valence-electron chi connectivity index (χ3n) is 4.79. The van der Waals surface area contributed by atoms with E-state index >= 15 is 0 Å². The van der Waals surface area contributed by atoms with Crippen molar-refractivity contribution in [2.24, 2.45) is 0 Å². The Morgan fingerprint density at radius 1 is 1.25 bits per heavy atom. The fourth-order valence-corrected chi connectivity index (χ4v) is 3.78. The Morgan fingerprint density at radius 3 is 2.75 bits per heavy atom. The Balaban J connectivity index is 1.86. The maximum Gasteiger partial charge on any atom is 0.119 e. The van der Waals surface area contributed by atoms with Gasteiger partial charge in [-0.2, -0.15) is 0 Å². The van der Waals surface area contributed by atoms with Crippen LogP contribution in [0.2, 0.25) is 0 Å². The summed E-state index contributed by atoms with van der Waals surface area (Å²) in [5.41, 5.74) is 2.94. The maximum atomic E-state index is 5.41. The minimum absolute atomic E-state index is 0.461. The van der Waals surface area contributed by atoms with Gasteiger partial charge >= 0.3 is 0 Å². The van der Waals surface area contributed by atoms with Gasteiger partial charge in [-0.05, 0) is 62.2 Å². The van der Waals surface area contributed by atoms with E-state index in [4.69, 9.17) is 4.74 Å². The molecule has 2 atom stereocenters. The SMILES string of the molecule is CCNC1c2cc(OC)ccc2CC1N1CCCCC1. The summed E-state index contributed by atoms with van der Waals surface area (Å²) in [4.78, 5) is 2.70. The van der Waals surface area contributed by atoms with Crippen LogP contribution >= 0.6 is 0 Å². The fraction of sp³-hybridized carbons (Fsp3) is 0.647. The number of hydrogen-bond donors (Lipinski definition) is 1. The molecule has 1 aromatic carbocycles. The molecule has 0 saturated carbocycles. The Bertz CT molecular complexity index is 454. The van der Waals surface area contributed by atoms with Crippen LogP contribution in [0.5, 0.6) is 5.75 Å². The zero-order valence-electron chi connectivity index (χ0n) is 12.7. The minimum atomic E-state index is 0.461. The highest BCUT2D eigenvalue weighted by Gasteiger charge is 2.36. The number of ether oxygens (including phenoxy) is 1. The summed E-state index contributed by atoms with van der Waals surface area (Å²) in [6.45, 7) is 5.74. The van der Waals surface area contributed by atoms with Crippen molar-refractivity contribution in [2.75, 3.05) is 26.7 Å². The van der Waals surface area contributed by atoms with Crippen molar-refractivity contribution in [3.63, 3.8) is 0 Å². The molecule has 1 aliphatic heterocycles. The van der Waals surface area contributed by atoms with Gasteiger partial charge in [0.05, 0.1) is 7.11 Å². The highest BCUT2D eigenvalue weighted by molar-refractivity contribution is 5.42. The number of likely N-dealkylation sites (N-methyl/N-ethyl adjacent to an activating group) is 1. The largest absolute Gasteiger partial charge is 0.497 e. The molecule has 1 fully saturated rings. The molecule has 1 N–H and O–H groups in total. The van der Waals surface area contributed by atoms with Gasteiger partial charge in [0, 0.05) is 12.1 Å². The number of rotatable bonds is 4. The molecule has 1 saturated heterocycles. The predicted molar refractivity (Wildman–Crippen MR) is 82.3 cm³/mol. The smallest absolute Gasteiger partial charge is 0.119 e. The highest BCUT2D eigenvalue weighted by Crippen LogP contribution is 2.37. The van der Waals surface area contributed by atoms with Crippen LogP contribution in [0.25, 0.3) is 0 Å². The van der Waals surface area contributed by atoms with Crippen LogP contribution in [0.15, 0.2) is 18.2 Å². The number of likely N-dealkylation sites (tertiary alicyclic amines) is 1. The number of hydrogen-bond acceptors (Lipinski definition) is 3. The van der Waals surface area contributed by atoms with Gasteiger partial charge in [-0.1, -0.05) is 19.4 Å². The number of methoxy groups -OCH3 is 1.